The fraction of sp³-hybridized carbons (Fsp3) is 1.00. The van der Waals surface area contributed by atoms with Crippen LogP contribution in [-0.2, 0) is 14.2 Å². The average molecular weight is 220 g/mol. The van der Waals surface area contributed by atoms with E-state index in [1.165, 1.54) is 0 Å². The van der Waals surface area contributed by atoms with Crippen molar-refractivity contribution >= 4 is 0 Å². The van der Waals surface area contributed by atoms with E-state index in [-0.39, 0.29) is 6.61 Å². The van der Waals surface area contributed by atoms with Crippen LogP contribution in [0.5, 0.6) is 0 Å². The number of ether oxygens (including phenoxy) is 3. The highest BCUT2D eigenvalue weighted by atomic mass is 16.8. The molecule has 0 aliphatic carbocycles. The van der Waals surface area contributed by atoms with Crippen molar-refractivity contribution in [3.8, 4) is 0 Å². The molecule has 1 unspecified atom stereocenters. The number of aliphatic hydroxyl groups is 1. The molecule has 0 radical (unpaired) electrons. The molecule has 0 bridgehead atoms. The molecular weight excluding hydrogens is 196 g/mol. The molecular formula is C11H24O4. The number of hydrogen-bond acceptors (Lipinski definition) is 4. The summed E-state index contributed by atoms with van der Waals surface area (Å²) in [6.07, 6.45) is 3.15. The van der Waals surface area contributed by atoms with Gasteiger partial charge in [0.15, 0.2) is 0 Å². The van der Waals surface area contributed by atoms with Gasteiger partial charge in [0.25, 0.3) is 0 Å². The summed E-state index contributed by atoms with van der Waals surface area (Å²) in [4.78, 5) is 0. The van der Waals surface area contributed by atoms with E-state index in [1.54, 1.807) is 0 Å². The summed E-state index contributed by atoms with van der Waals surface area (Å²) in [7, 11) is 0. The van der Waals surface area contributed by atoms with Crippen LogP contribution in [0.2, 0.25) is 0 Å². The lowest BCUT2D eigenvalue weighted by Gasteiger charge is -2.27. The monoisotopic (exact) mass is 220 g/mol. The highest BCUT2D eigenvalue weighted by Crippen LogP contribution is 2.11. The summed E-state index contributed by atoms with van der Waals surface area (Å²) in [5, 5.41) is 9.87. The van der Waals surface area contributed by atoms with Gasteiger partial charge in [0, 0.05) is 13.2 Å². The number of rotatable bonds is 10. The molecule has 0 amide bonds. The average Bonchev–Trinajstić information content (AvgIpc) is 2.22. The third kappa shape index (κ3) is 7.73. The van der Waals surface area contributed by atoms with Crippen molar-refractivity contribution < 1.29 is 19.3 Å². The summed E-state index contributed by atoms with van der Waals surface area (Å²) in [6, 6.07) is 0. The Balaban J connectivity index is 3.78. The minimum absolute atomic E-state index is 0.0590. The highest BCUT2D eigenvalue weighted by Gasteiger charge is 2.28. The molecule has 0 heterocycles. The second-order valence-corrected chi connectivity index (χ2v) is 3.34. The van der Waals surface area contributed by atoms with Crippen LogP contribution in [0.1, 0.15) is 40.0 Å². The summed E-state index contributed by atoms with van der Waals surface area (Å²) in [6.45, 7) is 7.29. The minimum atomic E-state index is -1.57. The van der Waals surface area contributed by atoms with Gasteiger partial charge < -0.3 is 19.3 Å². The van der Waals surface area contributed by atoms with E-state index in [4.69, 9.17) is 14.2 Å². The fourth-order valence-electron chi connectivity index (χ4n) is 1.17. The molecule has 0 aromatic rings. The smallest absolute Gasteiger partial charge is 0.305 e. The zero-order chi connectivity index (χ0) is 11.6. The van der Waals surface area contributed by atoms with E-state index in [1.807, 2.05) is 13.8 Å². The maximum atomic E-state index is 9.87. The van der Waals surface area contributed by atoms with E-state index in [2.05, 4.69) is 6.92 Å². The van der Waals surface area contributed by atoms with Gasteiger partial charge in [0.05, 0.1) is 6.61 Å². The molecule has 1 N–H and O–H groups in total. The lowest BCUT2D eigenvalue weighted by atomic mass is 10.3. The highest BCUT2D eigenvalue weighted by molar-refractivity contribution is 4.52. The van der Waals surface area contributed by atoms with Gasteiger partial charge in [-0.25, -0.2) is 0 Å². The molecule has 15 heavy (non-hydrogen) atoms. The van der Waals surface area contributed by atoms with Gasteiger partial charge in [-0.2, -0.15) is 0 Å². The van der Waals surface area contributed by atoms with Gasteiger partial charge in [-0.05, 0) is 20.3 Å². The molecule has 0 rings (SSSR count). The number of unbranched alkanes of at least 4 members (excludes halogenated alkanes) is 2. The molecule has 4 heteroatoms. The van der Waals surface area contributed by atoms with E-state index >= 15 is 0 Å². The van der Waals surface area contributed by atoms with Crippen molar-refractivity contribution in [1.82, 2.24) is 0 Å². The van der Waals surface area contributed by atoms with Gasteiger partial charge in [0.2, 0.25) is 0 Å². The third-order valence-corrected chi connectivity index (χ3v) is 1.93. The molecule has 92 valence electrons. The van der Waals surface area contributed by atoms with Crippen LogP contribution < -0.4 is 0 Å². The van der Waals surface area contributed by atoms with Gasteiger partial charge >= 0.3 is 5.97 Å². The molecule has 0 saturated heterocycles. The summed E-state index contributed by atoms with van der Waals surface area (Å²) in [5.74, 6) is -1.57. The lowest BCUT2D eigenvalue weighted by molar-refractivity contribution is -0.374. The first-order valence-electron chi connectivity index (χ1n) is 5.76. The van der Waals surface area contributed by atoms with Gasteiger partial charge in [-0.15, -0.1) is 0 Å². The fourth-order valence-corrected chi connectivity index (χ4v) is 1.17. The van der Waals surface area contributed by atoms with Crippen molar-refractivity contribution in [2.75, 3.05) is 26.4 Å². The molecule has 0 fully saturated rings. The first-order chi connectivity index (χ1) is 7.18. The molecule has 0 aliphatic heterocycles. The summed E-state index contributed by atoms with van der Waals surface area (Å²) in [5.41, 5.74) is 0. The Hall–Kier alpha value is -0.160. The van der Waals surface area contributed by atoms with Crippen LogP contribution in [0.3, 0.4) is 0 Å². The Kier molecular flexibility index (Phi) is 9.00. The topological polar surface area (TPSA) is 47.9 Å². The molecule has 0 aromatic carbocycles. The van der Waals surface area contributed by atoms with Crippen molar-refractivity contribution in [2.45, 2.75) is 46.0 Å². The van der Waals surface area contributed by atoms with Crippen LogP contribution in [0.25, 0.3) is 0 Å². The normalized spacial score (nSPS) is 15.2. The second kappa shape index (κ2) is 9.09. The van der Waals surface area contributed by atoms with E-state index in [9.17, 15) is 5.11 Å². The largest absolute Gasteiger partial charge is 0.373 e. The zero-order valence-electron chi connectivity index (χ0n) is 10.1. The SMILES string of the molecule is CCCCCOC(O)(COCC)OCC. The Morgan fingerprint density at radius 3 is 2.27 bits per heavy atom. The second-order valence-electron chi connectivity index (χ2n) is 3.34. The predicted molar refractivity (Wildman–Crippen MR) is 58.5 cm³/mol. The Morgan fingerprint density at radius 1 is 1.00 bits per heavy atom. The van der Waals surface area contributed by atoms with E-state index in [0.29, 0.717) is 19.8 Å². The first-order valence-corrected chi connectivity index (χ1v) is 5.76. The maximum Gasteiger partial charge on any atom is 0.305 e. The van der Waals surface area contributed by atoms with Crippen LogP contribution in [0.15, 0.2) is 0 Å². The Bertz CT molecular complexity index is 141. The molecule has 0 aromatic heterocycles. The summed E-state index contributed by atoms with van der Waals surface area (Å²) < 4.78 is 15.5. The Morgan fingerprint density at radius 2 is 1.73 bits per heavy atom. The third-order valence-electron chi connectivity index (χ3n) is 1.93. The molecule has 1 atom stereocenters. The van der Waals surface area contributed by atoms with Crippen molar-refractivity contribution in [3.05, 3.63) is 0 Å². The van der Waals surface area contributed by atoms with E-state index in [0.717, 1.165) is 19.3 Å². The molecule has 0 saturated carbocycles. The van der Waals surface area contributed by atoms with Crippen molar-refractivity contribution in [3.63, 3.8) is 0 Å². The van der Waals surface area contributed by atoms with Crippen LogP contribution >= 0.6 is 0 Å². The summed E-state index contributed by atoms with van der Waals surface area (Å²) >= 11 is 0. The van der Waals surface area contributed by atoms with Gasteiger partial charge in [-0.3, -0.25) is 0 Å². The molecule has 4 nitrogen and oxygen atoms in total. The number of hydrogen-bond donors (Lipinski definition) is 1. The van der Waals surface area contributed by atoms with Crippen molar-refractivity contribution in [1.29, 1.82) is 0 Å². The van der Waals surface area contributed by atoms with Crippen LogP contribution in [-0.4, -0.2) is 37.5 Å². The van der Waals surface area contributed by atoms with Gasteiger partial charge in [-0.1, -0.05) is 19.8 Å². The molecule has 0 spiro atoms. The molecule has 0 aliphatic rings. The minimum Gasteiger partial charge on any atom is -0.373 e. The quantitative estimate of drug-likeness (QED) is 0.451. The predicted octanol–water partition coefficient (Wildman–Crippen LogP) is 1.91. The van der Waals surface area contributed by atoms with Crippen LogP contribution in [0.4, 0.5) is 0 Å². The maximum absolute atomic E-state index is 9.87. The van der Waals surface area contributed by atoms with Crippen LogP contribution in [0, 0.1) is 0 Å². The standard InChI is InChI=1S/C11H24O4/c1-4-7-8-9-15-11(12,14-6-3)10-13-5-2/h12H,4-10H2,1-3H3. The van der Waals surface area contributed by atoms with Gasteiger partial charge in [0.1, 0.15) is 6.61 Å². The zero-order valence-corrected chi connectivity index (χ0v) is 10.1. The van der Waals surface area contributed by atoms with E-state index < -0.39 is 5.97 Å². The first kappa shape index (κ1) is 14.8. The Labute approximate surface area is 92.5 Å². The van der Waals surface area contributed by atoms with Crippen molar-refractivity contribution in [2.24, 2.45) is 0 Å². The lowest BCUT2D eigenvalue weighted by Crippen LogP contribution is -2.41.